The van der Waals surface area contributed by atoms with E-state index in [4.69, 9.17) is 11.6 Å². The maximum absolute atomic E-state index is 6.47. The van der Waals surface area contributed by atoms with E-state index in [2.05, 4.69) is 66.3 Å². The van der Waals surface area contributed by atoms with Crippen molar-refractivity contribution >= 4 is 27.5 Å². The molecule has 0 aliphatic rings. The number of nitrogens with one attached hydrogen (secondary N) is 1. The van der Waals surface area contributed by atoms with E-state index < -0.39 is 0 Å². The first-order valence-corrected chi connectivity index (χ1v) is 7.95. The van der Waals surface area contributed by atoms with Gasteiger partial charge in [-0.05, 0) is 53.5 Å². The fraction of sp³-hybridized carbons (Fsp3) is 0.294. The highest BCUT2D eigenvalue weighted by Gasteiger charge is 2.17. The lowest BCUT2D eigenvalue weighted by atomic mass is 9.95. The maximum atomic E-state index is 6.47. The second-order valence-electron chi connectivity index (χ2n) is 5.05. The molecule has 0 heterocycles. The van der Waals surface area contributed by atoms with Gasteiger partial charge in [0.05, 0.1) is 11.1 Å². The topological polar surface area (TPSA) is 12.0 Å². The van der Waals surface area contributed by atoms with Crippen molar-refractivity contribution in [2.24, 2.45) is 0 Å². The molecule has 0 amide bonds. The van der Waals surface area contributed by atoms with Crippen molar-refractivity contribution in [2.75, 3.05) is 6.54 Å². The minimum Gasteiger partial charge on any atom is -0.306 e. The van der Waals surface area contributed by atoms with Gasteiger partial charge >= 0.3 is 0 Å². The lowest BCUT2D eigenvalue weighted by Crippen LogP contribution is -2.22. The van der Waals surface area contributed by atoms with Gasteiger partial charge in [0.15, 0.2) is 0 Å². The van der Waals surface area contributed by atoms with Crippen LogP contribution < -0.4 is 5.32 Å². The van der Waals surface area contributed by atoms with Crippen LogP contribution in [-0.4, -0.2) is 6.54 Å². The minimum absolute atomic E-state index is 0.114. The highest BCUT2D eigenvalue weighted by Crippen LogP contribution is 2.33. The Bertz CT molecular complexity index is 590. The van der Waals surface area contributed by atoms with E-state index in [0.29, 0.717) is 0 Å². The summed E-state index contributed by atoms with van der Waals surface area (Å²) < 4.78 is 0.934. The van der Waals surface area contributed by atoms with Gasteiger partial charge < -0.3 is 5.32 Å². The summed E-state index contributed by atoms with van der Waals surface area (Å²) in [6.45, 7) is 7.26. The van der Waals surface area contributed by atoms with Crippen molar-refractivity contribution in [2.45, 2.75) is 26.8 Å². The van der Waals surface area contributed by atoms with Gasteiger partial charge in [-0.25, -0.2) is 0 Å². The number of aryl methyl sites for hydroxylation is 2. The smallest absolute Gasteiger partial charge is 0.0599 e. The van der Waals surface area contributed by atoms with Gasteiger partial charge in [-0.15, -0.1) is 0 Å². The molecule has 0 spiro atoms. The summed E-state index contributed by atoms with van der Waals surface area (Å²) in [5, 5.41) is 4.31. The molecule has 20 heavy (non-hydrogen) atoms. The molecule has 0 aromatic heterocycles. The van der Waals surface area contributed by atoms with E-state index in [-0.39, 0.29) is 6.04 Å². The van der Waals surface area contributed by atoms with Crippen LogP contribution in [0.1, 0.15) is 35.2 Å². The fourth-order valence-electron chi connectivity index (χ4n) is 2.53. The number of hydrogen-bond acceptors (Lipinski definition) is 1. The van der Waals surface area contributed by atoms with Crippen LogP contribution in [0.2, 0.25) is 5.02 Å². The quantitative estimate of drug-likeness (QED) is 0.775. The van der Waals surface area contributed by atoms with E-state index in [0.717, 1.165) is 21.6 Å². The Morgan fingerprint density at radius 3 is 2.40 bits per heavy atom. The second-order valence-corrected chi connectivity index (χ2v) is 6.29. The van der Waals surface area contributed by atoms with Crippen LogP contribution in [0.25, 0.3) is 0 Å². The molecule has 0 saturated carbocycles. The standard InChI is InChI=1S/C17H19BrClN/c1-4-20-17(13-9-11(2)8-12(3)10-13)14-6-5-7-15(18)16(14)19/h5-10,17,20H,4H2,1-3H3. The largest absolute Gasteiger partial charge is 0.306 e. The molecule has 2 aromatic rings. The molecule has 1 atom stereocenters. The summed E-state index contributed by atoms with van der Waals surface area (Å²) >= 11 is 9.97. The van der Waals surface area contributed by atoms with E-state index in [1.54, 1.807) is 0 Å². The van der Waals surface area contributed by atoms with Gasteiger partial charge in [0.25, 0.3) is 0 Å². The number of hydrogen-bond donors (Lipinski definition) is 1. The summed E-state index contributed by atoms with van der Waals surface area (Å²) in [7, 11) is 0. The third-order valence-electron chi connectivity index (χ3n) is 3.28. The Labute approximate surface area is 134 Å². The summed E-state index contributed by atoms with van der Waals surface area (Å²) in [6, 6.07) is 12.8. The lowest BCUT2D eigenvalue weighted by Gasteiger charge is -2.21. The molecular formula is C17H19BrClN. The van der Waals surface area contributed by atoms with Crippen LogP contribution in [0.5, 0.6) is 0 Å². The number of benzene rings is 2. The van der Waals surface area contributed by atoms with Crippen molar-refractivity contribution in [3.8, 4) is 0 Å². The zero-order valence-corrected chi connectivity index (χ0v) is 14.3. The van der Waals surface area contributed by atoms with Crippen molar-refractivity contribution in [3.63, 3.8) is 0 Å². The average molecular weight is 353 g/mol. The van der Waals surface area contributed by atoms with Crippen molar-refractivity contribution in [1.82, 2.24) is 5.32 Å². The SMILES string of the molecule is CCNC(c1cc(C)cc(C)c1)c1cccc(Br)c1Cl. The summed E-state index contributed by atoms with van der Waals surface area (Å²) in [5.74, 6) is 0. The molecule has 0 saturated heterocycles. The molecule has 0 radical (unpaired) electrons. The Morgan fingerprint density at radius 1 is 1.15 bits per heavy atom. The molecule has 1 N–H and O–H groups in total. The molecule has 2 rings (SSSR count). The number of halogens is 2. The van der Waals surface area contributed by atoms with Crippen LogP contribution in [0.3, 0.4) is 0 Å². The van der Waals surface area contributed by atoms with Crippen molar-refractivity contribution in [1.29, 1.82) is 0 Å². The van der Waals surface area contributed by atoms with Crippen LogP contribution >= 0.6 is 27.5 Å². The first-order valence-electron chi connectivity index (χ1n) is 6.78. The summed E-state index contributed by atoms with van der Waals surface area (Å²) in [4.78, 5) is 0. The average Bonchev–Trinajstić information content (AvgIpc) is 2.38. The first kappa shape index (κ1) is 15.6. The monoisotopic (exact) mass is 351 g/mol. The van der Waals surface area contributed by atoms with E-state index in [9.17, 15) is 0 Å². The Hall–Kier alpha value is -0.830. The van der Waals surface area contributed by atoms with Gasteiger partial charge in [0, 0.05) is 4.47 Å². The molecule has 2 aromatic carbocycles. The molecule has 1 nitrogen and oxygen atoms in total. The molecule has 0 aliphatic carbocycles. The lowest BCUT2D eigenvalue weighted by molar-refractivity contribution is 0.630. The third kappa shape index (κ3) is 3.43. The fourth-order valence-corrected chi connectivity index (χ4v) is 3.15. The minimum atomic E-state index is 0.114. The molecule has 0 fully saturated rings. The molecule has 0 aliphatic heterocycles. The normalized spacial score (nSPS) is 12.4. The molecule has 1 unspecified atom stereocenters. The Balaban J connectivity index is 2.53. The molecule has 3 heteroatoms. The summed E-state index contributed by atoms with van der Waals surface area (Å²) in [5.41, 5.74) is 4.90. The Morgan fingerprint density at radius 2 is 1.80 bits per heavy atom. The van der Waals surface area contributed by atoms with E-state index in [1.165, 1.54) is 16.7 Å². The number of rotatable bonds is 4. The zero-order chi connectivity index (χ0) is 14.7. The molecule has 0 bridgehead atoms. The predicted octanol–water partition coefficient (Wildman–Crippen LogP) is 5.42. The third-order valence-corrected chi connectivity index (χ3v) is 4.59. The van der Waals surface area contributed by atoms with Gasteiger partial charge in [-0.3, -0.25) is 0 Å². The van der Waals surface area contributed by atoms with Gasteiger partial charge in [0.2, 0.25) is 0 Å². The van der Waals surface area contributed by atoms with Crippen LogP contribution in [0.15, 0.2) is 40.9 Å². The van der Waals surface area contributed by atoms with Gasteiger partial charge in [0.1, 0.15) is 0 Å². The van der Waals surface area contributed by atoms with Crippen LogP contribution in [0.4, 0.5) is 0 Å². The predicted molar refractivity (Wildman–Crippen MR) is 90.6 cm³/mol. The Kier molecular flexibility index (Phi) is 5.25. The van der Waals surface area contributed by atoms with Gasteiger partial charge in [-0.1, -0.05) is 60.0 Å². The molecular weight excluding hydrogens is 334 g/mol. The molecule has 106 valence electrons. The maximum Gasteiger partial charge on any atom is 0.0599 e. The second kappa shape index (κ2) is 6.75. The first-order chi connectivity index (χ1) is 9.52. The zero-order valence-electron chi connectivity index (χ0n) is 12.0. The highest BCUT2D eigenvalue weighted by molar-refractivity contribution is 9.10. The summed E-state index contributed by atoms with van der Waals surface area (Å²) in [6.07, 6.45) is 0. The van der Waals surface area contributed by atoms with E-state index in [1.807, 2.05) is 12.1 Å². The van der Waals surface area contributed by atoms with Crippen molar-refractivity contribution in [3.05, 3.63) is 68.1 Å². The van der Waals surface area contributed by atoms with Crippen LogP contribution in [0, 0.1) is 13.8 Å². The van der Waals surface area contributed by atoms with E-state index >= 15 is 0 Å². The van der Waals surface area contributed by atoms with Gasteiger partial charge in [-0.2, -0.15) is 0 Å². The van der Waals surface area contributed by atoms with Crippen molar-refractivity contribution < 1.29 is 0 Å². The highest BCUT2D eigenvalue weighted by atomic mass is 79.9. The van der Waals surface area contributed by atoms with Crippen LogP contribution in [-0.2, 0) is 0 Å².